The van der Waals surface area contributed by atoms with Crippen LogP contribution in [0.1, 0.15) is 18.4 Å². The highest BCUT2D eigenvalue weighted by Crippen LogP contribution is 2.22. The minimum absolute atomic E-state index is 0.0188. The lowest BCUT2D eigenvalue weighted by Gasteiger charge is -2.33. The molecule has 3 aromatic rings. The number of piperidine rings is 1. The van der Waals surface area contributed by atoms with Crippen molar-refractivity contribution in [1.82, 2.24) is 14.5 Å². The summed E-state index contributed by atoms with van der Waals surface area (Å²) in [7, 11) is 1.61. The van der Waals surface area contributed by atoms with E-state index in [1.807, 2.05) is 18.2 Å². The third-order valence-electron chi connectivity index (χ3n) is 5.65. The van der Waals surface area contributed by atoms with Gasteiger partial charge >= 0.3 is 0 Å². The lowest BCUT2D eigenvalue weighted by molar-refractivity contribution is 0.163. The highest BCUT2D eigenvalue weighted by atomic mass is 16.5. The Morgan fingerprint density at radius 1 is 1.14 bits per heavy atom. The van der Waals surface area contributed by atoms with Crippen molar-refractivity contribution in [3.63, 3.8) is 0 Å². The van der Waals surface area contributed by atoms with Crippen molar-refractivity contribution >= 4 is 10.9 Å². The summed E-state index contributed by atoms with van der Waals surface area (Å²) in [6.45, 7) is 3.98. The van der Waals surface area contributed by atoms with E-state index in [0.717, 1.165) is 39.0 Å². The highest BCUT2D eigenvalue weighted by molar-refractivity contribution is 5.83. The van der Waals surface area contributed by atoms with E-state index in [2.05, 4.69) is 40.2 Å². The first-order chi connectivity index (χ1) is 13.7. The van der Waals surface area contributed by atoms with Crippen molar-refractivity contribution in [1.29, 1.82) is 0 Å². The van der Waals surface area contributed by atoms with E-state index in [1.165, 1.54) is 12.0 Å². The number of para-hydroxylation sites is 1. The Hall–Kier alpha value is -2.66. The van der Waals surface area contributed by atoms with E-state index in [1.54, 1.807) is 18.0 Å². The molecule has 4 rings (SSSR count). The molecule has 0 spiro atoms. The number of aromatic nitrogens is 2. The Balaban J connectivity index is 1.44. The van der Waals surface area contributed by atoms with Gasteiger partial charge < -0.3 is 9.64 Å². The number of likely N-dealkylation sites (tertiary alicyclic amines) is 1. The summed E-state index contributed by atoms with van der Waals surface area (Å²) in [6, 6.07) is 16.2. The molecule has 1 saturated heterocycles. The molecule has 2 heterocycles. The SMILES string of the molecule is COc1cccc2c(=O)n(CC3CCCN(CCc4ccccc4)C3)cnc12. The average Bonchev–Trinajstić information content (AvgIpc) is 2.75. The van der Waals surface area contributed by atoms with E-state index < -0.39 is 0 Å². The third-order valence-corrected chi connectivity index (χ3v) is 5.65. The summed E-state index contributed by atoms with van der Waals surface area (Å²) >= 11 is 0. The number of rotatable bonds is 6. The Labute approximate surface area is 165 Å². The summed E-state index contributed by atoms with van der Waals surface area (Å²) in [5, 5.41) is 0.624. The Morgan fingerprint density at radius 2 is 2.00 bits per heavy atom. The molecule has 1 unspecified atom stereocenters. The number of methoxy groups -OCH3 is 1. The topological polar surface area (TPSA) is 47.4 Å². The molecule has 1 aliphatic heterocycles. The van der Waals surface area contributed by atoms with Crippen molar-refractivity contribution in [2.75, 3.05) is 26.7 Å². The highest BCUT2D eigenvalue weighted by Gasteiger charge is 2.21. The van der Waals surface area contributed by atoms with Gasteiger partial charge in [-0.15, -0.1) is 0 Å². The average molecular weight is 377 g/mol. The standard InChI is InChI=1S/C23H27N3O2/c1-28-21-11-5-10-20-22(21)24-17-26(23(20)27)16-19-9-6-13-25(15-19)14-12-18-7-3-2-4-8-18/h2-5,7-8,10-11,17,19H,6,9,12-16H2,1H3. The van der Waals surface area contributed by atoms with Crippen LogP contribution in [0.5, 0.6) is 5.75 Å². The van der Waals surface area contributed by atoms with E-state index in [9.17, 15) is 4.79 Å². The molecule has 0 N–H and O–H groups in total. The Kier molecular flexibility index (Phi) is 5.72. The van der Waals surface area contributed by atoms with Crippen molar-refractivity contribution in [2.24, 2.45) is 5.92 Å². The van der Waals surface area contributed by atoms with E-state index in [0.29, 0.717) is 22.6 Å². The van der Waals surface area contributed by atoms with Crippen LogP contribution in [0, 0.1) is 5.92 Å². The lowest BCUT2D eigenvalue weighted by atomic mass is 9.97. The molecular formula is C23H27N3O2. The quantitative estimate of drug-likeness (QED) is 0.661. The van der Waals surface area contributed by atoms with Gasteiger partial charge in [-0.2, -0.15) is 0 Å². The van der Waals surface area contributed by atoms with Crippen molar-refractivity contribution in [3.8, 4) is 5.75 Å². The number of nitrogens with zero attached hydrogens (tertiary/aromatic N) is 3. The number of ether oxygens (including phenoxy) is 1. The molecule has 2 aromatic carbocycles. The first kappa shape index (κ1) is 18.7. The molecule has 1 aromatic heterocycles. The van der Waals surface area contributed by atoms with Gasteiger partial charge in [-0.3, -0.25) is 9.36 Å². The van der Waals surface area contributed by atoms with Crippen LogP contribution in [-0.4, -0.2) is 41.2 Å². The molecule has 28 heavy (non-hydrogen) atoms. The van der Waals surface area contributed by atoms with Gasteiger partial charge in [0.2, 0.25) is 0 Å². The van der Waals surface area contributed by atoms with Crippen LogP contribution >= 0.6 is 0 Å². The van der Waals surface area contributed by atoms with Crippen molar-refractivity contribution in [3.05, 3.63) is 70.8 Å². The zero-order chi connectivity index (χ0) is 19.3. The van der Waals surface area contributed by atoms with Crippen LogP contribution in [0.15, 0.2) is 59.7 Å². The fraction of sp³-hybridized carbons (Fsp3) is 0.391. The van der Waals surface area contributed by atoms with Crippen LogP contribution in [0.4, 0.5) is 0 Å². The fourth-order valence-electron chi connectivity index (χ4n) is 4.17. The zero-order valence-corrected chi connectivity index (χ0v) is 16.4. The molecule has 0 saturated carbocycles. The Morgan fingerprint density at radius 3 is 2.82 bits per heavy atom. The maximum atomic E-state index is 12.9. The van der Waals surface area contributed by atoms with E-state index in [-0.39, 0.29) is 5.56 Å². The summed E-state index contributed by atoms with van der Waals surface area (Å²) in [4.78, 5) is 19.9. The Bertz CT molecular complexity index is 984. The summed E-state index contributed by atoms with van der Waals surface area (Å²) in [5.74, 6) is 1.12. The molecular weight excluding hydrogens is 350 g/mol. The maximum Gasteiger partial charge on any atom is 0.261 e. The minimum Gasteiger partial charge on any atom is -0.494 e. The fourth-order valence-corrected chi connectivity index (χ4v) is 4.17. The second kappa shape index (κ2) is 8.57. The largest absolute Gasteiger partial charge is 0.494 e. The monoisotopic (exact) mass is 377 g/mol. The molecule has 1 fully saturated rings. The molecule has 0 bridgehead atoms. The summed E-state index contributed by atoms with van der Waals surface area (Å²) < 4.78 is 7.10. The summed E-state index contributed by atoms with van der Waals surface area (Å²) in [5.41, 5.74) is 2.04. The normalized spacial score (nSPS) is 17.7. The van der Waals surface area contributed by atoms with Crippen molar-refractivity contribution in [2.45, 2.75) is 25.8 Å². The first-order valence-electron chi connectivity index (χ1n) is 10.0. The molecule has 0 amide bonds. The van der Waals surface area contributed by atoms with Gasteiger partial charge in [0.1, 0.15) is 11.3 Å². The van der Waals surface area contributed by atoms with Crippen LogP contribution in [0.25, 0.3) is 10.9 Å². The van der Waals surface area contributed by atoms with Gasteiger partial charge in [-0.1, -0.05) is 36.4 Å². The minimum atomic E-state index is 0.0188. The molecule has 5 nitrogen and oxygen atoms in total. The van der Waals surface area contributed by atoms with E-state index in [4.69, 9.17) is 4.74 Å². The zero-order valence-electron chi connectivity index (χ0n) is 16.4. The van der Waals surface area contributed by atoms with Crippen LogP contribution in [0.2, 0.25) is 0 Å². The van der Waals surface area contributed by atoms with E-state index >= 15 is 0 Å². The smallest absolute Gasteiger partial charge is 0.261 e. The third kappa shape index (κ3) is 4.09. The molecule has 146 valence electrons. The number of hydrogen-bond donors (Lipinski definition) is 0. The number of benzene rings is 2. The molecule has 1 aliphatic rings. The van der Waals surface area contributed by atoms with Crippen LogP contribution < -0.4 is 10.3 Å². The van der Waals surface area contributed by atoms with Crippen LogP contribution in [-0.2, 0) is 13.0 Å². The predicted molar refractivity (Wildman–Crippen MR) is 112 cm³/mol. The molecule has 5 heteroatoms. The number of hydrogen-bond acceptors (Lipinski definition) is 4. The van der Waals surface area contributed by atoms with Gasteiger partial charge in [-0.05, 0) is 49.4 Å². The number of fused-ring (bicyclic) bond motifs is 1. The van der Waals surface area contributed by atoms with Gasteiger partial charge in [-0.25, -0.2) is 4.98 Å². The molecule has 0 radical (unpaired) electrons. The first-order valence-corrected chi connectivity index (χ1v) is 10.0. The molecule has 1 atom stereocenters. The van der Waals surface area contributed by atoms with Crippen LogP contribution in [0.3, 0.4) is 0 Å². The lowest BCUT2D eigenvalue weighted by Crippen LogP contribution is -2.39. The van der Waals surface area contributed by atoms with Gasteiger partial charge in [0.15, 0.2) is 0 Å². The maximum absolute atomic E-state index is 12.9. The van der Waals surface area contributed by atoms with Gasteiger partial charge in [0.05, 0.1) is 18.8 Å². The van der Waals surface area contributed by atoms with Gasteiger partial charge in [0, 0.05) is 19.6 Å². The second-order valence-corrected chi connectivity index (χ2v) is 7.60. The van der Waals surface area contributed by atoms with Gasteiger partial charge in [0.25, 0.3) is 5.56 Å². The predicted octanol–water partition coefficient (Wildman–Crippen LogP) is 3.36. The van der Waals surface area contributed by atoms with Crippen molar-refractivity contribution < 1.29 is 4.74 Å². The summed E-state index contributed by atoms with van der Waals surface area (Å²) in [6.07, 6.45) is 5.09. The molecule has 0 aliphatic carbocycles. The second-order valence-electron chi connectivity index (χ2n) is 7.60.